The predicted molar refractivity (Wildman–Crippen MR) is 154 cm³/mol. The van der Waals surface area contributed by atoms with Crippen molar-refractivity contribution in [2.75, 3.05) is 38.7 Å². The topological polar surface area (TPSA) is 133 Å². The van der Waals surface area contributed by atoms with Crippen LogP contribution in [0.15, 0.2) is 58.2 Å². The molecule has 4 aromatic rings. The maximum absolute atomic E-state index is 13.6. The second kappa shape index (κ2) is 12.2. The fourth-order valence-electron chi connectivity index (χ4n) is 4.62. The number of anilines is 1. The van der Waals surface area contributed by atoms with E-state index in [9.17, 15) is 18.3 Å². The number of nitrogens with one attached hydrogen (secondary N) is 1. The van der Waals surface area contributed by atoms with Gasteiger partial charge in [0.2, 0.25) is 10.0 Å². The van der Waals surface area contributed by atoms with Crippen LogP contribution in [-0.4, -0.2) is 77.3 Å². The number of fused-ring (bicyclic) bond motifs is 1. The molecule has 0 saturated heterocycles. The first-order chi connectivity index (χ1) is 19.1. The molecule has 4 rings (SSSR count). The van der Waals surface area contributed by atoms with Gasteiger partial charge in [-0.25, -0.2) is 17.9 Å². The molecule has 0 radical (unpaired) electrons. The van der Waals surface area contributed by atoms with Gasteiger partial charge in [-0.05, 0) is 50.6 Å². The molecule has 0 spiro atoms. The van der Waals surface area contributed by atoms with Crippen molar-refractivity contribution in [2.24, 2.45) is 0 Å². The van der Waals surface area contributed by atoms with E-state index in [1.54, 1.807) is 13.0 Å². The van der Waals surface area contributed by atoms with Crippen molar-refractivity contribution in [2.45, 2.75) is 44.6 Å². The molecule has 1 unspecified atom stereocenters. The first-order valence-corrected chi connectivity index (χ1v) is 14.7. The highest BCUT2D eigenvalue weighted by Gasteiger charge is 2.26. The summed E-state index contributed by atoms with van der Waals surface area (Å²) in [5.41, 5.74) is 1.78. The molecule has 0 bridgehead atoms. The Morgan fingerprint density at radius 3 is 2.50 bits per heavy atom. The number of sulfonamides is 1. The van der Waals surface area contributed by atoms with Crippen LogP contribution in [0.1, 0.15) is 31.8 Å². The van der Waals surface area contributed by atoms with E-state index in [1.165, 1.54) is 23.7 Å². The summed E-state index contributed by atoms with van der Waals surface area (Å²) in [6.07, 6.45) is 0.512. The van der Waals surface area contributed by atoms with Crippen LogP contribution in [0, 0.1) is 6.92 Å². The highest BCUT2D eigenvalue weighted by Crippen LogP contribution is 2.31. The second-order valence-electron chi connectivity index (χ2n) is 9.67. The molecule has 0 amide bonds. The normalized spacial score (nSPS) is 12.7. The second-order valence-corrected chi connectivity index (χ2v) is 11.7. The molecule has 2 heterocycles. The number of ether oxygens (including phenoxy) is 1. The summed E-state index contributed by atoms with van der Waals surface area (Å²) in [5.74, 6) is 1.20. The number of imidazole rings is 1. The van der Waals surface area contributed by atoms with Crippen molar-refractivity contribution < 1.29 is 18.3 Å². The maximum Gasteiger partial charge on any atom is 0.277 e. The number of aromatic nitrogens is 4. The zero-order valence-electron chi connectivity index (χ0n) is 23.5. The molecule has 214 valence electrons. The van der Waals surface area contributed by atoms with Gasteiger partial charge in [0.1, 0.15) is 11.6 Å². The quantitative estimate of drug-likeness (QED) is 0.267. The van der Waals surface area contributed by atoms with Gasteiger partial charge in [0.25, 0.3) is 5.56 Å². The van der Waals surface area contributed by atoms with E-state index in [1.807, 2.05) is 56.1 Å². The summed E-state index contributed by atoms with van der Waals surface area (Å²) >= 11 is 0. The third kappa shape index (κ3) is 6.03. The standard InChI is InChI=1S/C28H36N6O5S/c1-6-11-25-29-19(3)26-28(36)30-27(31-34(25)26)23-16-22(14-15-24(23)39-7-2)40(37,38)33(5)18-21(35)17-32(4)20-12-9-8-10-13-20/h8-10,12-16,21,35H,6-7,11,17-18H2,1-5H3,(H,30,31,36). The Kier molecular flexibility index (Phi) is 8.92. The lowest BCUT2D eigenvalue weighted by Crippen LogP contribution is -2.40. The number of H-pyrrole nitrogens is 1. The van der Waals surface area contributed by atoms with E-state index in [0.717, 1.165) is 16.4 Å². The van der Waals surface area contributed by atoms with Crippen LogP contribution in [0.5, 0.6) is 5.75 Å². The molecular weight excluding hydrogens is 532 g/mol. The molecular formula is C28H36N6O5S. The average molecular weight is 569 g/mol. The molecule has 40 heavy (non-hydrogen) atoms. The molecule has 1 atom stereocenters. The van der Waals surface area contributed by atoms with Gasteiger partial charge in [-0.15, -0.1) is 5.10 Å². The van der Waals surface area contributed by atoms with E-state index in [2.05, 4.69) is 15.1 Å². The number of aryl methyl sites for hydroxylation is 2. The number of rotatable bonds is 12. The number of aliphatic hydroxyl groups excluding tert-OH is 1. The SMILES string of the molecule is CCCc1nc(C)c2c(=O)[nH]c(-c3cc(S(=O)(=O)N(C)CC(O)CN(C)c4ccccc4)ccc3OCC)nn12. The van der Waals surface area contributed by atoms with Crippen molar-refractivity contribution in [3.63, 3.8) is 0 Å². The summed E-state index contributed by atoms with van der Waals surface area (Å²) < 4.78 is 35.5. The summed E-state index contributed by atoms with van der Waals surface area (Å²) in [6.45, 7) is 6.04. The van der Waals surface area contributed by atoms with Crippen LogP contribution in [0.3, 0.4) is 0 Å². The maximum atomic E-state index is 13.6. The minimum absolute atomic E-state index is 0.0181. The number of para-hydroxylation sites is 1. The van der Waals surface area contributed by atoms with Gasteiger partial charge in [0.05, 0.1) is 28.9 Å². The van der Waals surface area contributed by atoms with Gasteiger partial charge in [-0.2, -0.15) is 4.31 Å². The Hall–Kier alpha value is -3.74. The Labute approximate surface area is 234 Å². The van der Waals surface area contributed by atoms with E-state index in [4.69, 9.17) is 4.74 Å². The molecule has 11 nitrogen and oxygen atoms in total. The van der Waals surface area contributed by atoms with Crippen molar-refractivity contribution >= 4 is 21.2 Å². The zero-order valence-corrected chi connectivity index (χ0v) is 24.3. The fraction of sp³-hybridized carbons (Fsp3) is 0.393. The largest absolute Gasteiger partial charge is 0.493 e. The van der Waals surface area contributed by atoms with Gasteiger partial charge < -0.3 is 19.7 Å². The molecule has 0 fully saturated rings. The summed E-state index contributed by atoms with van der Waals surface area (Å²) in [6, 6.07) is 14.0. The van der Waals surface area contributed by atoms with Crippen LogP contribution < -0.4 is 15.2 Å². The minimum Gasteiger partial charge on any atom is -0.493 e. The first kappa shape index (κ1) is 29.2. The monoisotopic (exact) mass is 568 g/mol. The predicted octanol–water partition coefficient (Wildman–Crippen LogP) is 2.86. The molecule has 2 N–H and O–H groups in total. The number of hydrogen-bond donors (Lipinski definition) is 2. The molecule has 12 heteroatoms. The number of benzene rings is 2. The molecule has 0 saturated carbocycles. The highest BCUT2D eigenvalue weighted by molar-refractivity contribution is 7.89. The van der Waals surface area contributed by atoms with Crippen molar-refractivity contribution in [3.05, 3.63) is 70.4 Å². The number of aliphatic hydroxyl groups is 1. The first-order valence-electron chi connectivity index (χ1n) is 13.2. The van der Waals surface area contributed by atoms with Crippen LogP contribution in [0.4, 0.5) is 5.69 Å². The Bertz CT molecular complexity index is 1630. The fourth-order valence-corrected chi connectivity index (χ4v) is 5.85. The summed E-state index contributed by atoms with van der Waals surface area (Å²) in [7, 11) is -0.739. The lowest BCUT2D eigenvalue weighted by atomic mass is 10.2. The highest BCUT2D eigenvalue weighted by atomic mass is 32.2. The van der Waals surface area contributed by atoms with Gasteiger partial charge in [0, 0.05) is 39.3 Å². The zero-order chi connectivity index (χ0) is 29.0. The van der Waals surface area contributed by atoms with Crippen LogP contribution in [0.2, 0.25) is 0 Å². The summed E-state index contributed by atoms with van der Waals surface area (Å²) in [4.78, 5) is 22.2. The Balaban J connectivity index is 1.66. The van der Waals surface area contributed by atoms with Crippen molar-refractivity contribution in [1.82, 2.24) is 23.9 Å². The van der Waals surface area contributed by atoms with E-state index in [-0.39, 0.29) is 29.4 Å². The molecule has 2 aromatic carbocycles. The minimum atomic E-state index is -4.00. The van der Waals surface area contributed by atoms with Gasteiger partial charge in [-0.1, -0.05) is 25.1 Å². The van der Waals surface area contributed by atoms with E-state index >= 15 is 0 Å². The number of nitrogens with zero attached hydrogens (tertiary/aromatic N) is 5. The van der Waals surface area contributed by atoms with E-state index in [0.29, 0.717) is 41.4 Å². The van der Waals surface area contributed by atoms with Crippen LogP contribution >= 0.6 is 0 Å². The number of hydrogen-bond acceptors (Lipinski definition) is 8. The lowest BCUT2D eigenvalue weighted by Gasteiger charge is -2.26. The van der Waals surface area contributed by atoms with Crippen molar-refractivity contribution in [1.29, 1.82) is 0 Å². The molecule has 0 aliphatic rings. The lowest BCUT2D eigenvalue weighted by molar-refractivity contribution is 0.159. The number of aromatic amines is 1. The number of likely N-dealkylation sites (N-methyl/N-ethyl adjacent to an activating group) is 2. The van der Waals surface area contributed by atoms with Crippen molar-refractivity contribution in [3.8, 4) is 17.1 Å². The average Bonchev–Trinajstić information content (AvgIpc) is 3.24. The molecule has 2 aromatic heterocycles. The smallest absolute Gasteiger partial charge is 0.277 e. The van der Waals surface area contributed by atoms with Gasteiger partial charge in [-0.3, -0.25) is 4.79 Å². The molecule has 0 aliphatic heterocycles. The molecule has 0 aliphatic carbocycles. The van der Waals surface area contributed by atoms with Gasteiger partial charge in [0.15, 0.2) is 11.3 Å². The third-order valence-electron chi connectivity index (χ3n) is 6.58. The summed E-state index contributed by atoms with van der Waals surface area (Å²) in [5, 5.41) is 15.3. The Morgan fingerprint density at radius 2 is 1.82 bits per heavy atom. The van der Waals surface area contributed by atoms with Crippen LogP contribution in [0.25, 0.3) is 16.9 Å². The van der Waals surface area contributed by atoms with Gasteiger partial charge >= 0.3 is 0 Å². The Morgan fingerprint density at radius 1 is 1.10 bits per heavy atom. The third-order valence-corrected chi connectivity index (χ3v) is 8.40. The van der Waals surface area contributed by atoms with E-state index < -0.39 is 16.1 Å². The van der Waals surface area contributed by atoms with Crippen LogP contribution in [-0.2, 0) is 16.4 Å².